The number of morpholine rings is 1. The highest BCUT2D eigenvalue weighted by Gasteiger charge is 2.26. The van der Waals surface area contributed by atoms with E-state index in [-0.39, 0.29) is 5.41 Å². The van der Waals surface area contributed by atoms with Gasteiger partial charge in [0, 0.05) is 41.8 Å². The van der Waals surface area contributed by atoms with Crippen molar-refractivity contribution in [2.24, 2.45) is 0 Å². The lowest BCUT2D eigenvalue weighted by Crippen LogP contribution is -2.36. The highest BCUT2D eigenvalue weighted by atomic mass is 31.2. The van der Waals surface area contributed by atoms with Crippen LogP contribution in [0.3, 0.4) is 0 Å². The van der Waals surface area contributed by atoms with Crippen LogP contribution in [0.1, 0.15) is 38.4 Å². The number of carbonyl (C=O) groups excluding carboxylic acids is 1. The van der Waals surface area contributed by atoms with Gasteiger partial charge >= 0.3 is 6.03 Å². The number of pyridine rings is 1. The van der Waals surface area contributed by atoms with Gasteiger partial charge in [-0.15, -0.1) is 0 Å². The van der Waals surface area contributed by atoms with Gasteiger partial charge in [0.15, 0.2) is 5.75 Å². The van der Waals surface area contributed by atoms with Crippen LogP contribution in [0.2, 0.25) is 0 Å². The lowest BCUT2D eigenvalue weighted by atomic mass is 9.86. The summed E-state index contributed by atoms with van der Waals surface area (Å²) < 4.78 is 30.7. The molecule has 1 aliphatic rings. The number of nitrogens with zero attached hydrogens (tertiary/aromatic N) is 2. The molecule has 2 heterocycles. The van der Waals surface area contributed by atoms with Gasteiger partial charge in [0.05, 0.1) is 37.0 Å². The van der Waals surface area contributed by atoms with Crippen LogP contribution < -0.4 is 25.4 Å². The topological polar surface area (TPSA) is 102 Å². The first-order valence-electron chi connectivity index (χ1n) is 15.7. The maximum absolute atomic E-state index is 13.4. The van der Waals surface area contributed by atoms with Gasteiger partial charge in [-0.05, 0) is 74.0 Å². The Labute approximate surface area is 272 Å². The van der Waals surface area contributed by atoms with E-state index in [2.05, 4.69) is 41.3 Å². The minimum atomic E-state index is -2.71. The van der Waals surface area contributed by atoms with E-state index in [4.69, 9.17) is 14.2 Å². The molecule has 2 N–H and O–H groups in total. The average Bonchev–Trinajstić information content (AvgIpc) is 3.02. The van der Waals surface area contributed by atoms with Gasteiger partial charge in [-0.25, -0.2) is 4.79 Å². The number of urea groups is 1. The van der Waals surface area contributed by atoms with Crippen LogP contribution in [-0.2, 0) is 21.1 Å². The Hall–Kier alpha value is -3.91. The molecule has 0 bridgehead atoms. The second-order valence-corrected chi connectivity index (χ2v) is 16.2. The quantitative estimate of drug-likeness (QED) is 0.173. The third-order valence-corrected chi connectivity index (χ3v) is 9.62. The molecular formula is C36H45N4O5P. The Balaban J connectivity index is 1.33. The van der Waals surface area contributed by atoms with Crippen molar-refractivity contribution in [3.05, 3.63) is 78.1 Å². The number of amides is 2. The predicted octanol–water partition coefficient (Wildman–Crippen LogP) is 7.49. The first kappa shape index (κ1) is 33.5. The third-order valence-electron chi connectivity index (χ3n) is 8.13. The van der Waals surface area contributed by atoms with E-state index in [1.807, 2.05) is 60.7 Å². The fourth-order valence-corrected chi connectivity index (χ4v) is 6.74. The highest BCUT2D eigenvalue weighted by molar-refractivity contribution is 7.70. The lowest BCUT2D eigenvalue weighted by Gasteiger charge is -2.26. The van der Waals surface area contributed by atoms with Crippen molar-refractivity contribution in [3.63, 3.8) is 0 Å². The molecule has 0 radical (unpaired) electrons. The fourth-order valence-electron chi connectivity index (χ4n) is 5.59. The Morgan fingerprint density at radius 1 is 0.978 bits per heavy atom. The summed E-state index contributed by atoms with van der Waals surface area (Å²) in [5.41, 5.74) is 2.80. The van der Waals surface area contributed by atoms with Crippen molar-refractivity contribution in [1.29, 1.82) is 0 Å². The first-order chi connectivity index (χ1) is 21.9. The van der Waals surface area contributed by atoms with E-state index >= 15 is 0 Å². The summed E-state index contributed by atoms with van der Waals surface area (Å²) in [7, 11) is -1.18. The Morgan fingerprint density at radius 3 is 2.39 bits per heavy atom. The number of anilines is 2. The zero-order valence-corrected chi connectivity index (χ0v) is 28.6. The van der Waals surface area contributed by atoms with Crippen molar-refractivity contribution in [2.75, 3.05) is 63.9 Å². The van der Waals surface area contributed by atoms with Gasteiger partial charge in [-0.2, -0.15) is 0 Å². The number of aryl methyl sites for hydroxylation is 1. The molecular weight excluding hydrogens is 599 g/mol. The summed E-state index contributed by atoms with van der Waals surface area (Å²) in [5.74, 6) is 1.80. The van der Waals surface area contributed by atoms with Crippen LogP contribution in [0.4, 0.5) is 16.2 Å². The van der Waals surface area contributed by atoms with Gasteiger partial charge in [-0.3, -0.25) is 9.88 Å². The molecule has 0 spiro atoms. The largest absolute Gasteiger partial charge is 0.494 e. The van der Waals surface area contributed by atoms with Crippen LogP contribution in [-0.4, -0.2) is 69.2 Å². The minimum absolute atomic E-state index is 0.229. The molecule has 2 amide bonds. The van der Waals surface area contributed by atoms with Crippen molar-refractivity contribution in [1.82, 2.24) is 9.88 Å². The van der Waals surface area contributed by atoms with Crippen LogP contribution >= 0.6 is 7.14 Å². The van der Waals surface area contributed by atoms with Crippen LogP contribution in [0.15, 0.2) is 66.9 Å². The lowest BCUT2D eigenvalue weighted by molar-refractivity contribution is 0.0374. The molecule has 0 aliphatic carbocycles. The SMILES string of the molecule is COc1c(NC(=O)Nc2ccc(Oc3ccnc(CCCN4CCOCC4)c3)c3ccccc23)cc(C(C)(C)C)cc1P(C)(C)=O. The second kappa shape index (κ2) is 14.2. The van der Waals surface area contributed by atoms with E-state index < -0.39 is 13.2 Å². The molecule has 1 aromatic heterocycles. The number of nitrogens with one attached hydrogen (secondary N) is 2. The molecule has 0 unspecified atom stereocenters. The van der Waals surface area contributed by atoms with E-state index in [0.29, 0.717) is 33.9 Å². The van der Waals surface area contributed by atoms with Crippen molar-refractivity contribution < 1.29 is 23.6 Å². The number of methoxy groups -OCH3 is 1. The number of rotatable bonds is 10. The maximum Gasteiger partial charge on any atom is 0.323 e. The summed E-state index contributed by atoms with van der Waals surface area (Å²) >= 11 is 0. The number of aromatic nitrogens is 1. The number of hydrogen-bond donors (Lipinski definition) is 2. The van der Waals surface area contributed by atoms with E-state index in [1.165, 1.54) is 7.11 Å². The van der Waals surface area contributed by atoms with E-state index in [9.17, 15) is 9.36 Å². The van der Waals surface area contributed by atoms with Crippen LogP contribution in [0, 0.1) is 0 Å². The fraction of sp³-hybridized carbons (Fsp3) is 0.389. The molecule has 0 saturated carbocycles. The minimum Gasteiger partial charge on any atom is -0.494 e. The summed E-state index contributed by atoms with van der Waals surface area (Å²) in [6.07, 6.45) is 3.67. The van der Waals surface area contributed by atoms with Crippen molar-refractivity contribution >= 4 is 40.6 Å². The molecule has 1 fully saturated rings. The summed E-state index contributed by atoms with van der Waals surface area (Å²) in [5, 5.41) is 8.24. The molecule has 5 rings (SSSR count). The molecule has 46 heavy (non-hydrogen) atoms. The summed E-state index contributed by atoms with van der Waals surface area (Å²) in [6.45, 7) is 14.2. The predicted molar refractivity (Wildman–Crippen MR) is 187 cm³/mol. The molecule has 244 valence electrons. The van der Waals surface area contributed by atoms with Gasteiger partial charge < -0.3 is 29.4 Å². The smallest absolute Gasteiger partial charge is 0.323 e. The van der Waals surface area contributed by atoms with Crippen LogP contribution in [0.25, 0.3) is 10.8 Å². The molecule has 1 aliphatic heterocycles. The van der Waals surface area contributed by atoms with Crippen LogP contribution in [0.5, 0.6) is 17.2 Å². The standard InChI is InChI=1S/C36H45N4O5P/c1-36(2,3)25-22-31(34(43-4)33(23-25)46(5,6)42)39-35(41)38-30-13-14-32(29-12-8-7-11-28(29)30)45-27-15-16-37-26(24-27)10-9-17-40-18-20-44-21-19-40/h7-8,11-16,22-24H,9-10,17-21H2,1-6H3,(H2,38,39,41). The molecule has 9 nitrogen and oxygen atoms in total. The summed E-state index contributed by atoms with van der Waals surface area (Å²) in [6, 6.07) is 18.7. The second-order valence-electron chi connectivity index (χ2n) is 13.1. The first-order valence-corrected chi connectivity index (χ1v) is 18.3. The Bertz CT molecular complexity index is 1740. The third kappa shape index (κ3) is 8.27. The normalized spacial score (nSPS) is 14.2. The Kier molecular flexibility index (Phi) is 10.4. The van der Waals surface area contributed by atoms with Gasteiger partial charge in [-0.1, -0.05) is 45.0 Å². The number of ether oxygens (including phenoxy) is 3. The van der Waals surface area contributed by atoms with Crippen molar-refractivity contribution in [2.45, 2.75) is 39.0 Å². The molecule has 4 aromatic rings. The average molecular weight is 645 g/mol. The number of fused-ring (bicyclic) bond motifs is 1. The molecule has 3 aromatic carbocycles. The maximum atomic E-state index is 13.4. The number of carbonyl (C=O) groups is 1. The zero-order chi connectivity index (χ0) is 32.9. The number of benzene rings is 3. The van der Waals surface area contributed by atoms with Gasteiger partial charge in [0.25, 0.3) is 0 Å². The van der Waals surface area contributed by atoms with Gasteiger partial charge in [0.2, 0.25) is 0 Å². The molecule has 0 atom stereocenters. The Morgan fingerprint density at radius 2 is 1.70 bits per heavy atom. The number of hydrogen-bond acceptors (Lipinski definition) is 7. The van der Waals surface area contributed by atoms with Gasteiger partial charge in [0.1, 0.15) is 18.6 Å². The monoisotopic (exact) mass is 644 g/mol. The molecule has 1 saturated heterocycles. The van der Waals surface area contributed by atoms with E-state index in [0.717, 1.165) is 67.7 Å². The molecule has 10 heteroatoms. The van der Waals surface area contributed by atoms with E-state index in [1.54, 1.807) is 19.5 Å². The van der Waals surface area contributed by atoms with Crippen molar-refractivity contribution in [3.8, 4) is 17.2 Å². The zero-order valence-electron chi connectivity index (χ0n) is 27.7. The summed E-state index contributed by atoms with van der Waals surface area (Å²) in [4.78, 5) is 20.4. The highest BCUT2D eigenvalue weighted by Crippen LogP contribution is 2.43.